The Morgan fingerprint density at radius 1 is 1.08 bits per heavy atom. The SMILES string of the molecule is C1=C(c2cc3c(Nc4ccc5ncsc5c4)ccnc3[nH]2)CCCC1. The number of hydrogen-bond donors (Lipinski definition) is 2. The van der Waals surface area contributed by atoms with Crippen LogP contribution in [0.5, 0.6) is 0 Å². The highest BCUT2D eigenvalue weighted by atomic mass is 32.1. The van der Waals surface area contributed by atoms with Crippen LogP contribution >= 0.6 is 11.3 Å². The highest BCUT2D eigenvalue weighted by molar-refractivity contribution is 7.16. The lowest BCUT2D eigenvalue weighted by molar-refractivity contribution is 0.740. The smallest absolute Gasteiger partial charge is 0.139 e. The zero-order chi connectivity index (χ0) is 16.6. The van der Waals surface area contributed by atoms with Gasteiger partial charge in [-0.15, -0.1) is 11.3 Å². The lowest BCUT2D eigenvalue weighted by atomic mass is 9.97. The molecule has 1 aliphatic carbocycles. The second-order valence-electron chi connectivity index (χ2n) is 6.44. The van der Waals surface area contributed by atoms with Gasteiger partial charge in [-0.25, -0.2) is 9.97 Å². The first kappa shape index (κ1) is 14.7. The molecule has 0 amide bonds. The Morgan fingerprint density at radius 2 is 2.08 bits per heavy atom. The number of rotatable bonds is 3. The zero-order valence-electron chi connectivity index (χ0n) is 13.7. The van der Waals surface area contributed by atoms with Gasteiger partial charge in [-0.3, -0.25) is 0 Å². The molecular weight excluding hydrogens is 328 g/mol. The fraction of sp³-hybridized carbons (Fsp3) is 0.200. The number of benzene rings is 1. The number of pyridine rings is 1. The molecule has 5 rings (SSSR count). The van der Waals surface area contributed by atoms with E-state index in [1.807, 2.05) is 17.8 Å². The number of anilines is 2. The molecule has 0 atom stereocenters. The number of thiazole rings is 1. The standard InChI is InChI=1S/C20H18N4S/c1-2-4-13(5-3-1)18-11-15-16(8-9-21-20(15)24-18)23-14-6-7-17-19(10-14)25-12-22-17/h4,6-12H,1-3,5H2,(H2,21,23,24). The van der Waals surface area contributed by atoms with Crippen LogP contribution in [0.15, 0.2) is 48.1 Å². The van der Waals surface area contributed by atoms with E-state index >= 15 is 0 Å². The number of fused-ring (bicyclic) bond motifs is 2. The summed E-state index contributed by atoms with van der Waals surface area (Å²) >= 11 is 1.66. The molecule has 0 aliphatic heterocycles. The van der Waals surface area contributed by atoms with E-state index in [4.69, 9.17) is 0 Å². The molecule has 1 aromatic carbocycles. The quantitative estimate of drug-likeness (QED) is 0.487. The lowest BCUT2D eigenvalue weighted by Gasteiger charge is -2.10. The van der Waals surface area contributed by atoms with E-state index in [-0.39, 0.29) is 0 Å². The largest absolute Gasteiger partial charge is 0.355 e. The minimum absolute atomic E-state index is 0.936. The molecule has 0 spiro atoms. The molecule has 1 aliphatic rings. The van der Waals surface area contributed by atoms with E-state index in [1.54, 1.807) is 11.3 Å². The van der Waals surface area contributed by atoms with Gasteiger partial charge in [0, 0.05) is 23.0 Å². The van der Waals surface area contributed by atoms with Crippen molar-refractivity contribution in [3.8, 4) is 0 Å². The molecule has 0 radical (unpaired) electrons. The van der Waals surface area contributed by atoms with Crippen LogP contribution in [0, 0.1) is 0 Å². The Labute approximate surface area is 149 Å². The molecule has 0 fully saturated rings. The summed E-state index contributed by atoms with van der Waals surface area (Å²) in [6, 6.07) is 10.5. The fourth-order valence-corrected chi connectivity index (χ4v) is 4.20. The summed E-state index contributed by atoms with van der Waals surface area (Å²) in [5.74, 6) is 0. The Kier molecular flexibility index (Phi) is 3.52. The zero-order valence-corrected chi connectivity index (χ0v) is 14.6. The van der Waals surface area contributed by atoms with E-state index in [0.717, 1.165) is 34.3 Å². The summed E-state index contributed by atoms with van der Waals surface area (Å²) in [6.45, 7) is 0. The van der Waals surface area contributed by atoms with Crippen LogP contribution in [0.1, 0.15) is 31.4 Å². The number of nitrogens with one attached hydrogen (secondary N) is 2. The summed E-state index contributed by atoms with van der Waals surface area (Å²) in [5.41, 5.74) is 8.64. The number of nitrogens with zero attached hydrogens (tertiary/aromatic N) is 2. The summed E-state index contributed by atoms with van der Waals surface area (Å²) in [6.07, 6.45) is 9.11. The van der Waals surface area contributed by atoms with E-state index in [0.29, 0.717) is 0 Å². The maximum Gasteiger partial charge on any atom is 0.139 e. The highest BCUT2D eigenvalue weighted by Crippen LogP contribution is 2.32. The molecule has 3 aromatic heterocycles. The summed E-state index contributed by atoms with van der Waals surface area (Å²) in [4.78, 5) is 12.3. The van der Waals surface area contributed by atoms with Crippen LogP contribution < -0.4 is 5.32 Å². The predicted octanol–water partition coefficient (Wildman–Crippen LogP) is 5.87. The third kappa shape index (κ3) is 2.70. The van der Waals surface area contributed by atoms with Gasteiger partial charge in [0.1, 0.15) is 5.65 Å². The van der Waals surface area contributed by atoms with Crippen LogP contribution in [0.25, 0.3) is 26.8 Å². The number of aromatic nitrogens is 3. The molecule has 3 heterocycles. The molecule has 2 N–H and O–H groups in total. The Hall–Kier alpha value is -2.66. The van der Waals surface area contributed by atoms with Gasteiger partial charge in [0.05, 0.1) is 21.4 Å². The second kappa shape index (κ2) is 6.01. The van der Waals surface area contributed by atoms with Gasteiger partial charge in [-0.2, -0.15) is 0 Å². The topological polar surface area (TPSA) is 53.6 Å². The second-order valence-corrected chi connectivity index (χ2v) is 7.33. The maximum absolute atomic E-state index is 4.51. The monoisotopic (exact) mass is 346 g/mol. The third-order valence-corrected chi connectivity index (χ3v) is 5.57. The van der Waals surface area contributed by atoms with Crippen molar-refractivity contribution in [2.75, 3.05) is 5.32 Å². The number of hydrogen-bond acceptors (Lipinski definition) is 4. The van der Waals surface area contributed by atoms with Gasteiger partial charge in [0.15, 0.2) is 0 Å². The first-order valence-corrected chi connectivity index (χ1v) is 9.52. The van der Waals surface area contributed by atoms with Crippen LogP contribution in [-0.2, 0) is 0 Å². The minimum Gasteiger partial charge on any atom is -0.355 e. The first-order valence-electron chi connectivity index (χ1n) is 8.64. The van der Waals surface area contributed by atoms with Crippen LogP contribution in [0.2, 0.25) is 0 Å². The molecule has 5 heteroatoms. The predicted molar refractivity (Wildman–Crippen MR) is 105 cm³/mol. The molecule has 0 bridgehead atoms. The summed E-state index contributed by atoms with van der Waals surface area (Å²) in [5, 5.41) is 4.68. The van der Waals surface area contributed by atoms with E-state index < -0.39 is 0 Å². The van der Waals surface area contributed by atoms with Crippen molar-refractivity contribution in [3.05, 3.63) is 53.8 Å². The van der Waals surface area contributed by atoms with Crippen molar-refractivity contribution in [2.24, 2.45) is 0 Å². The van der Waals surface area contributed by atoms with Crippen molar-refractivity contribution >= 4 is 49.5 Å². The van der Waals surface area contributed by atoms with Crippen molar-refractivity contribution in [2.45, 2.75) is 25.7 Å². The van der Waals surface area contributed by atoms with Crippen LogP contribution in [-0.4, -0.2) is 15.0 Å². The highest BCUT2D eigenvalue weighted by Gasteiger charge is 2.12. The van der Waals surface area contributed by atoms with Crippen molar-refractivity contribution < 1.29 is 0 Å². The fourth-order valence-electron chi connectivity index (χ4n) is 3.48. The molecule has 124 valence electrons. The third-order valence-electron chi connectivity index (χ3n) is 4.78. The van der Waals surface area contributed by atoms with Gasteiger partial charge >= 0.3 is 0 Å². The van der Waals surface area contributed by atoms with Crippen LogP contribution in [0.4, 0.5) is 11.4 Å². The normalized spacial score (nSPS) is 14.8. The average Bonchev–Trinajstić information content (AvgIpc) is 3.29. The average molecular weight is 346 g/mol. The first-order chi connectivity index (χ1) is 12.4. The molecule has 4 nitrogen and oxygen atoms in total. The van der Waals surface area contributed by atoms with Gasteiger partial charge in [0.2, 0.25) is 0 Å². The molecular formula is C20H18N4S. The number of allylic oxidation sites excluding steroid dienone is 2. The van der Waals surface area contributed by atoms with Crippen molar-refractivity contribution in [1.29, 1.82) is 0 Å². The van der Waals surface area contributed by atoms with Gasteiger partial charge < -0.3 is 10.3 Å². The molecule has 25 heavy (non-hydrogen) atoms. The molecule has 4 aromatic rings. The lowest BCUT2D eigenvalue weighted by Crippen LogP contribution is -1.91. The molecule has 0 unspecified atom stereocenters. The van der Waals surface area contributed by atoms with Gasteiger partial charge in [-0.05, 0) is 61.6 Å². The Bertz CT molecular complexity index is 1090. The van der Waals surface area contributed by atoms with Crippen molar-refractivity contribution in [1.82, 2.24) is 15.0 Å². The summed E-state index contributed by atoms with van der Waals surface area (Å²) < 4.78 is 1.19. The minimum atomic E-state index is 0.936. The maximum atomic E-state index is 4.51. The van der Waals surface area contributed by atoms with Gasteiger partial charge in [0.25, 0.3) is 0 Å². The van der Waals surface area contributed by atoms with Crippen LogP contribution in [0.3, 0.4) is 0 Å². The van der Waals surface area contributed by atoms with Crippen molar-refractivity contribution in [3.63, 3.8) is 0 Å². The Balaban J connectivity index is 1.54. The van der Waals surface area contributed by atoms with Gasteiger partial charge in [-0.1, -0.05) is 6.08 Å². The number of H-pyrrole nitrogens is 1. The number of aromatic amines is 1. The Morgan fingerprint density at radius 3 is 3.00 bits per heavy atom. The summed E-state index contributed by atoms with van der Waals surface area (Å²) in [7, 11) is 0. The van der Waals surface area contributed by atoms with E-state index in [1.165, 1.54) is 35.2 Å². The van der Waals surface area contributed by atoms with E-state index in [9.17, 15) is 0 Å². The molecule has 0 saturated heterocycles. The molecule has 0 saturated carbocycles. The van der Waals surface area contributed by atoms with E-state index in [2.05, 4.69) is 50.6 Å².